The normalized spacial score (nSPS) is 17.9. The van der Waals surface area contributed by atoms with Crippen molar-refractivity contribution in [1.29, 1.82) is 0 Å². The zero-order valence-electron chi connectivity index (χ0n) is 15.9. The van der Waals surface area contributed by atoms with Crippen LogP contribution in [0.3, 0.4) is 0 Å². The van der Waals surface area contributed by atoms with Gasteiger partial charge in [0.1, 0.15) is 0 Å². The average Bonchev–Trinajstić information content (AvgIpc) is 2.56. The monoisotopic (exact) mass is 328 g/mol. The number of nitrogens with one attached hydrogen (secondary N) is 1. The fraction of sp³-hybridized carbons (Fsp3) is 1.00. The van der Waals surface area contributed by atoms with Gasteiger partial charge in [-0.15, -0.1) is 0 Å². The van der Waals surface area contributed by atoms with Gasteiger partial charge < -0.3 is 16.2 Å². The first-order valence-electron chi connectivity index (χ1n) is 10.3. The standard InChI is InChI=1S/C20H41NO.H3N/c1-2-3-4-5-6-7-8-9-10-11-12-13-14-15-16-20-19-21-17-18-22-20;/h20-21H,2-19H2,1H3;1H3. The van der Waals surface area contributed by atoms with Gasteiger partial charge in [0.05, 0.1) is 12.7 Å². The number of hydrogen-bond acceptors (Lipinski definition) is 3. The summed E-state index contributed by atoms with van der Waals surface area (Å²) in [6.45, 7) is 5.30. The third-order valence-corrected chi connectivity index (χ3v) is 4.88. The predicted molar refractivity (Wildman–Crippen MR) is 103 cm³/mol. The topological polar surface area (TPSA) is 56.3 Å². The molecule has 3 heteroatoms. The largest absolute Gasteiger partial charge is 0.376 e. The quantitative estimate of drug-likeness (QED) is 0.362. The van der Waals surface area contributed by atoms with E-state index >= 15 is 0 Å². The van der Waals surface area contributed by atoms with Crippen molar-refractivity contribution in [3.63, 3.8) is 0 Å². The molecule has 1 saturated heterocycles. The van der Waals surface area contributed by atoms with Crippen molar-refractivity contribution >= 4 is 0 Å². The molecule has 1 aliphatic heterocycles. The Morgan fingerprint density at radius 2 is 1.22 bits per heavy atom. The molecule has 140 valence electrons. The van der Waals surface area contributed by atoms with Crippen LogP contribution >= 0.6 is 0 Å². The van der Waals surface area contributed by atoms with Crippen molar-refractivity contribution in [2.75, 3.05) is 19.7 Å². The van der Waals surface area contributed by atoms with Crippen LogP contribution in [0.5, 0.6) is 0 Å². The molecular weight excluding hydrogens is 284 g/mol. The van der Waals surface area contributed by atoms with Gasteiger partial charge in [0.15, 0.2) is 0 Å². The predicted octanol–water partition coefficient (Wildman–Crippen LogP) is 6.01. The van der Waals surface area contributed by atoms with E-state index < -0.39 is 0 Å². The lowest BCUT2D eigenvalue weighted by atomic mass is 10.0. The van der Waals surface area contributed by atoms with E-state index in [9.17, 15) is 0 Å². The molecule has 1 aliphatic rings. The van der Waals surface area contributed by atoms with E-state index in [0.29, 0.717) is 6.10 Å². The molecular formula is C20H44N2O. The minimum absolute atomic E-state index is 0. The van der Waals surface area contributed by atoms with Crippen LogP contribution in [0.25, 0.3) is 0 Å². The Hall–Kier alpha value is -0.120. The van der Waals surface area contributed by atoms with Gasteiger partial charge in [0, 0.05) is 13.1 Å². The molecule has 0 saturated carbocycles. The van der Waals surface area contributed by atoms with Crippen LogP contribution in [-0.2, 0) is 4.74 Å². The fourth-order valence-corrected chi connectivity index (χ4v) is 3.37. The molecule has 1 atom stereocenters. The van der Waals surface area contributed by atoms with E-state index in [0.717, 1.165) is 19.7 Å². The molecule has 0 aromatic carbocycles. The third kappa shape index (κ3) is 15.2. The summed E-state index contributed by atoms with van der Waals surface area (Å²) in [5.74, 6) is 0. The van der Waals surface area contributed by atoms with E-state index in [-0.39, 0.29) is 6.15 Å². The van der Waals surface area contributed by atoms with Gasteiger partial charge in [-0.25, -0.2) is 0 Å². The zero-order valence-corrected chi connectivity index (χ0v) is 15.9. The minimum Gasteiger partial charge on any atom is -0.376 e. The molecule has 0 bridgehead atoms. The van der Waals surface area contributed by atoms with Gasteiger partial charge in [0.2, 0.25) is 0 Å². The molecule has 0 radical (unpaired) electrons. The first kappa shape index (κ1) is 22.9. The maximum atomic E-state index is 5.73. The Labute approximate surface area is 145 Å². The zero-order chi connectivity index (χ0) is 15.7. The number of ether oxygens (including phenoxy) is 1. The Balaban J connectivity index is 0.00000484. The summed E-state index contributed by atoms with van der Waals surface area (Å²) in [5.41, 5.74) is 0. The van der Waals surface area contributed by atoms with Gasteiger partial charge in [-0.1, -0.05) is 96.8 Å². The van der Waals surface area contributed by atoms with Crippen molar-refractivity contribution in [1.82, 2.24) is 11.5 Å². The Morgan fingerprint density at radius 3 is 1.65 bits per heavy atom. The highest BCUT2D eigenvalue weighted by molar-refractivity contribution is 4.66. The maximum Gasteiger partial charge on any atom is 0.0700 e. The highest BCUT2D eigenvalue weighted by atomic mass is 16.5. The van der Waals surface area contributed by atoms with Crippen LogP contribution in [0.1, 0.15) is 103 Å². The summed E-state index contributed by atoms with van der Waals surface area (Å²) in [6.07, 6.45) is 21.9. The molecule has 0 aromatic rings. The van der Waals surface area contributed by atoms with Crippen LogP contribution in [0.15, 0.2) is 0 Å². The molecule has 1 unspecified atom stereocenters. The third-order valence-electron chi connectivity index (χ3n) is 4.88. The van der Waals surface area contributed by atoms with Crippen molar-refractivity contribution in [3.05, 3.63) is 0 Å². The van der Waals surface area contributed by atoms with Crippen LogP contribution in [0.4, 0.5) is 0 Å². The van der Waals surface area contributed by atoms with Crippen molar-refractivity contribution in [2.45, 2.75) is 109 Å². The van der Waals surface area contributed by atoms with Gasteiger partial charge >= 0.3 is 0 Å². The molecule has 23 heavy (non-hydrogen) atoms. The Bertz CT molecular complexity index is 218. The van der Waals surface area contributed by atoms with Crippen molar-refractivity contribution < 1.29 is 4.74 Å². The van der Waals surface area contributed by atoms with Crippen LogP contribution in [0, 0.1) is 0 Å². The molecule has 1 heterocycles. The number of morpholine rings is 1. The molecule has 0 amide bonds. The lowest BCUT2D eigenvalue weighted by Gasteiger charge is -2.23. The molecule has 0 aliphatic carbocycles. The molecule has 3 nitrogen and oxygen atoms in total. The van der Waals surface area contributed by atoms with Crippen molar-refractivity contribution in [2.24, 2.45) is 0 Å². The highest BCUT2D eigenvalue weighted by Gasteiger charge is 2.11. The summed E-state index contributed by atoms with van der Waals surface area (Å²) < 4.78 is 5.73. The highest BCUT2D eigenvalue weighted by Crippen LogP contribution is 2.14. The summed E-state index contributed by atoms with van der Waals surface area (Å²) in [7, 11) is 0. The van der Waals surface area contributed by atoms with Gasteiger partial charge in [0.25, 0.3) is 0 Å². The SMILES string of the molecule is CCCCCCCCCCCCCCCCC1CNCCO1.N. The first-order valence-corrected chi connectivity index (χ1v) is 10.3. The minimum atomic E-state index is 0. The Morgan fingerprint density at radius 1 is 0.739 bits per heavy atom. The van der Waals surface area contributed by atoms with Crippen LogP contribution in [0.2, 0.25) is 0 Å². The molecule has 4 N–H and O–H groups in total. The fourth-order valence-electron chi connectivity index (χ4n) is 3.37. The summed E-state index contributed by atoms with van der Waals surface area (Å²) in [4.78, 5) is 0. The molecule has 0 spiro atoms. The summed E-state index contributed by atoms with van der Waals surface area (Å²) in [6, 6.07) is 0. The molecule has 0 aromatic heterocycles. The van der Waals surface area contributed by atoms with Gasteiger partial charge in [-0.3, -0.25) is 0 Å². The first-order chi connectivity index (χ1) is 10.9. The van der Waals surface area contributed by atoms with Gasteiger partial charge in [-0.2, -0.15) is 0 Å². The van der Waals surface area contributed by atoms with Crippen LogP contribution < -0.4 is 11.5 Å². The second kappa shape index (κ2) is 18.2. The summed E-state index contributed by atoms with van der Waals surface area (Å²) in [5, 5.41) is 3.41. The van der Waals surface area contributed by atoms with Crippen molar-refractivity contribution in [3.8, 4) is 0 Å². The lowest BCUT2D eigenvalue weighted by Crippen LogP contribution is -2.38. The second-order valence-corrected chi connectivity index (χ2v) is 7.08. The Kier molecular flexibility index (Phi) is 18.1. The average molecular weight is 329 g/mol. The van der Waals surface area contributed by atoms with E-state index in [1.165, 1.54) is 96.3 Å². The van der Waals surface area contributed by atoms with Gasteiger partial charge in [-0.05, 0) is 6.42 Å². The summed E-state index contributed by atoms with van der Waals surface area (Å²) >= 11 is 0. The van der Waals surface area contributed by atoms with E-state index in [4.69, 9.17) is 4.74 Å². The molecule has 1 rings (SSSR count). The lowest BCUT2D eigenvalue weighted by molar-refractivity contribution is 0.0220. The van der Waals surface area contributed by atoms with E-state index in [2.05, 4.69) is 12.2 Å². The maximum absolute atomic E-state index is 5.73. The number of hydrogen-bond donors (Lipinski definition) is 2. The second-order valence-electron chi connectivity index (χ2n) is 7.08. The van der Waals surface area contributed by atoms with E-state index in [1.54, 1.807) is 0 Å². The number of unbranched alkanes of at least 4 members (excludes halogenated alkanes) is 13. The van der Waals surface area contributed by atoms with E-state index in [1.807, 2.05) is 0 Å². The molecule has 1 fully saturated rings. The number of rotatable bonds is 15. The smallest absolute Gasteiger partial charge is 0.0700 e. The van der Waals surface area contributed by atoms with Crippen LogP contribution in [-0.4, -0.2) is 25.8 Å².